The first kappa shape index (κ1) is 6.82. The van der Waals surface area contributed by atoms with Crippen LogP contribution in [0, 0.1) is 0 Å². The van der Waals surface area contributed by atoms with Crippen molar-refractivity contribution in [2.45, 2.75) is 0 Å². The molecule has 0 bridgehead atoms. The zero-order chi connectivity index (χ0) is 7.56. The van der Waals surface area contributed by atoms with Crippen molar-refractivity contribution < 1.29 is 9.55 Å². The van der Waals surface area contributed by atoms with Gasteiger partial charge in [-0.05, 0) is 0 Å². The van der Waals surface area contributed by atoms with Crippen LogP contribution in [0.3, 0.4) is 0 Å². The zero-order valence-electron chi connectivity index (χ0n) is 4.90. The zero-order valence-corrected chi connectivity index (χ0v) is 5.80. The van der Waals surface area contributed by atoms with Crippen LogP contribution in [0.2, 0.25) is 0 Å². The van der Waals surface area contributed by atoms with Crippen molar-refractivity contribution in [1.82, 2.24) is 9.97 Å². The summed E-state index contributed by atoms with van der Waals surface area (Å²) in [5.74, 6) is 0.112. The van der Waals surface area contributed by atoms with Gasteiger partial charge in [-0.25, -0.2) is 4.98 Å². The molecule has 0 fully saturated rings. The number of nitrogens with two attached hydrogens (primary N) is 2. The first-order chi connectivity index (χ1) is 4.72. The monoisotopic (exact) mass is 158 g/mol. The standard InChI is InChI=1S/C3H4N5OP/c4-1-6-2(5)8-3(7-1)10-9/h(H4,4,5,6,7,8)/p+1. The van der Waals surface area contributed by atoms with Gasteiger partial charge in [0.15, 0.2) is 0 Å². The molecule has 0 saturated carbocycles. The first-order valence-corrected chi connectivity index (χ1v) is 3.19. The molecule has 52 valence electrons. The van der Waals surface area contributed by atoms with Crippen LogP contribution < -0.4 is 22.0 Å². The molecule has 0 aromatic carbocycles. The lowest BCUT2D eigenvalue weighted by Crippen LogP contribution is -2.30. The summed E-state index contributed by atoms with van der Waals surface area (Å²) in [6.07, 6.45) is 0. The van der Waals surface area contributed by atoms with Crippen LogP contribution in [0.4, 0.5) is 11.9 Å². The fourth-order valence-corrected chi connectivity index (χ4v) is 0.774. The van der Waals surface area contributed by atoms with Gasteiger partial charge in [-0.2, -0.15) is 0 Å². The van der Waals surface area contributed by atoms with Gasteiger partial charge in [-0.15, -0.1) is 0 Å². The molecular formula is C3H5N5OP+. The molecule has 10 heavy (non-hydrogen) atoms. The average Bonchev–Trinajstić information content (AvgIpc) is 1.85. The van der Waals surface area contributed by atoms with Crippen LogP contribution in [-0.2, 0) is 4.57 Å². The summed E-state index contributed by atoms with van der Waals surface area (Å²) in [4.78, 5) is 9.54. The molecule has 1 rings (SSSR count). The van der Waals surface area contributed by atoms with E-state index in [0.29, 0.717) is 0 Å². The Morgan fingerprint density at radius 3 is 2.60 bits per heavy atom. The summed E-state index contributed by atoms with van der Waals surface area (Å²) < 4.78 is 10.2. The van der Waals surface area contributed by atoms with Gasteiger partial charge in [0.2, 0.25) is 0 Å². The first-order valence-electron chi connectivity index (χ1n) is 2.38. The smallest absolute Gasteiger partial charge is 0.346 e. The highest BCUT2D eigenvalue weighted by Gasteiger charge is 2.06. The Hall–Kier alpha value is -1.29. The van der Waals surface area contributed by atoms with Crippen LogP contribution in [-0.4, -0.2) is 9.97 Å². The molecule has 1 aromatic rings. The summed E-state index contributed by atoms with van der Waals surface area (Å²) in [6.45, 7) is 0. The maximum absolute atomic E-state index is 10.2. The van der Waals surface area contributed by atoms with E-state index in [9.17, 15) is 4.57 Å². The Bertz CT molecular complexity index is 243. The Kier molecular flexibility index (Phi) is 1.73. The minimum absolute atomic E-state index is 0.00889. The molecule has 0 unspecified atom stereocenters. The van der Waals surface area contributed by atoms with Crippen LogP contribution in [0.25, 0.3) is 0 Å². The lowest BCUT2D eigenvalue weighted by Gasteiger charge is -1.84. The second kappa shape index (κ2) is 2.53. The molecular weight excluding hydrogens is 153 g/mol. The third-order valence-corrected chi connectivity index (χ3v) is 1.17. The molecule has 0 aliphatic carbocycles. The minimum atomic E-state index is -0.257. The molecule has 6 nitrogen and oxygen atoms in total. The minimum Gasteiger partial charge on any atom is -0.346 e. The van der Waals surface area contributed by atoms with Crippen molar-refractivity contribution in [2.75, 3.05) is 11.5 Å². The van der Waals surface area contributed by atoms with E-state index in [1.54, 1.807) is 0 Å². The number of nitrogens with zero attached hydrogens (tertiary/aromatic N) is 2. The normalized spacial score (nSPS) is 10.0. The number of rotatable bonds is 1. The molecule has 0 aliphatic heterocycles. The predicted octanol–water partition coefficient (Wildman–Crippen LogP) is -1.63. The van der Waals surface area contributed by atoms with E-state index in [1.807, 2.05) is 0 Å². The van der Waals surface area contributed by atoms with Gasteiger partial charge in [0.05, 0.1) is 0 Å². The number of nitrogen functional groups attached to an aromatic ring is 2. The Morgan fingerprint density at radius 2 is 2.10 bits per heavy atom. The fraction of sp³-hybridized carbons (Fsp3) is 0. The Morgan fingerprint density at radius 1 is 1.40 bits per heavy atom. The van der Waals surface area contributed by atoms with E-state index in [4.69, 9.17) is 11.5 Å². The van der Waals surface area contributed by atoms with Gasteiger partial charge in [0, 0.05) is 0 Å². The summed E-state index contributed by atoms with van der Waals surface area (Å²) in [6, 6.07) is 0. The summed E-state index contributed by atoms with van der Waals surface area (Å²) in [5, 5.41) is 0. The lowest BCUT2D eigenvalue weighted by atomic mass is 10.9. The van der Waals surface area contributed by atoms with Gasteiger partial charge < -0.3 is 11.5 Å². The van der Waals surface area contributed by atoms with Gasteiger partial charge >= 0.3 is 17.5 Å². The van der Waals surface area contributed by atoms with Gasteiger partial charge in [0.25, 0.3) is 8.46 Å². The highest BCUT2D eigenvalue weighted by molar-refractivity contribution is 7.32. The molecule has 7 heteroatoms. The number of hydrogen-bond donors (Lipinski definition) is 2. The van der Waals surface area contributed by atoms with E-state index in [-0.39, 0.29) is 25.9 Å². The molecule has 1 heterocycles. The topological polar surface area (TPSA) is 109 Å². The predicted molar refractivity (Wildman–Crippen MR) is 34.7 cm³/mol. The van der Waals surface area contributed by atoms with E-state index in [2.05, 4.69) is 15.0 Å². The molecule has 0 spiro atoms. The molecule has 0 amide bonds. The van der Waals surface area contributed by atoms with Gasteiger partial charge in [0.1, 0.15) is 0 Å². The number of aromatic amines is 1. The van der Waals surface area contributed by atoms with Crippen molar-refractivity contribution in [2.24, 2.45) is 0 Å². The van der Waals surface area contributed by atoms with Crippen molar-refractivity contribution in [1.29, 1.82) is 0 Å². The van der Waals surface area contributed by atoms with Gasteiger partial charge in [-0.3, -0.25) is 4.57 Å². The van der Waals surface area contributed by atoms with E-state index < -0.39 is 0 Å². The summed E-state index contributed by atoms with van der Waals surface area (Å²) in [5.41, 5.74) is 10.5. The Labute approximate surface area is 57.9 Å². The van der Waals surface area contributed by atoms with E-state index >= 15 is 0 Å². The largest absolute Gasteiger partial charge is 0.347 e. The fourth-order valence-electron chi connectivity index (χ4n) is 0.471. The maximum Gasteiger partial charge on any atom is 0.347 e. The second-order valence-electron chi connectivity index (χ2n) is 1.51. The quantitative estimate of drug-likeness (QED) is 0.477. The highest BCUT2D eigenvalue weighted by Crippen LogP contribution is 1.90. The Balaban J connectivity index is 3.18. The molecule has 0 aliphatic rings. The molecule has 0 saturated heterocycles. The van der Waals surface area contributed by atoms with E-state index in [1.165, 1.54) is 0 Å². The molecule has 0 radical (unpaired) electrons. The number of hydrogen-bond acceptors (Lipinski definition) is 5. The van der Waals surface area contributed by atoms with Gasteiger partial charge in [-0.1, -0.05) is 9.97 Å². The third-order valence-electron chi connectivity index (χ3n) is 0.782. The number of H-pyrrole nitrogens is 1. The van der Waals surface area contributed by atoms with Crippen LogP contribution in [0.1, 0.15) is 0 Å². The highest BCUT2D eigenvalue weighted by atomic mass is 31.1. The molecule has 5 N–H and O–H groups in total. The number of anilines is 2. The second-order valence-corrected chi connectivity index (χ2v) is 2.11. The van der Waals surface area contributed by atoms with Crippen molar-refractivity contribution in [3.8, 4) is 0 Å². The maximum atomic E-state index is 10.2. The number of aromatic nitrogens is 3. The van der Waals surface area contributed by atoms with Crippen LogP contribution >= 0.6 is 8.46 Å². The van der Waals surface area contributed by atoms with Crippen LogP contribution in [0.5, 0.6) is 0 Å². The van der Waals surface area contributed by atoms with Crippen molar-refractivity contribution >= 4 is 25.9 Å². The number of nitrogens with one attached hydrogen (secondary N) is 1. The summed E-state index contributed by atoms with van der Waals surface area (Å²) in [7, 11) is -0.257. The SMILES string of the molecule is Nc1nc(N)[nH+]c(P=O)n1. The van der Waals surface area contributed by atoms with E-state index in [0.717, 1.165) is 0 Å². The third kappa shape index (κ3) is 1.35. The molecule has 1 aromatic heterocycles. The van der Waals surface area contributed by atoms with Crippen LogP contribution in [0.15, 0.2) is 0 Å². The summed E-state index contributed by atoms with van der Waals surface area (Å²) >= 11 is 0. The lowest BCUT2D eigenvalue weighted by molar-refractivity contribution is -0.344. The van der Waals surface area contributed by atoms with Crippen molar-refractivity contribution in [3.05, 3.63) is 0 Å². The van der Waals surface area contributed by atoms with Crippen molar-refractivity contribution in [3.63, 3.8) is 0 Å². The average molecular weight is 158 g/mol. The molecule has 0 atom stereocenters.